The Morgan fingerprint density at radius 1 is 0.973 bits per heavy atom. The summed E-state index contributed by atoms with van der Waals surface area (Å²) in [6.07, 6.45) is 5.72. The molecule has 0 fully saturated rings. The average Bonchev–Trinajstić information content (AvgIpc) is 3.36. The van der Waals surface area contributed by atoms with Crippen LogP contribution >= 0.6 is 11.8 Å². The Kier molecular flexibility index (Phi) is 14.9. The summed E-state index contributed by atoms with van der Waals surface area (Å²) in [5.41, 5.74) is 11.8. The third-order valence-electron chi connectivity index (χ3n) is 5.42. The second-order valence-electron chi connectivity index (χ2n) is 8.41. The van der Waals surface area contributed by atoms with Crippen LogP contribution in [0.5, 0.6) is 0 Å². The lowest BCUT2D eigenvalue weighted by Gasteiger charge is -2.25. The second kappa shape index (κ2) is 17.3. The number of nitrogens with zero attached hydrogens (tertiary/aromatic N) is 1. The summed E-state index contributed by atoms with van der Waals surface area (Å²) in [5, 5.41) is 26.0. The number of hydrogen-bond donors (Lipinski definition) is 8. The fourth-order valence-corrected chi connectivity index (χ4v) is 3.79. The van der Waals surface area contributed by atoms with Gasteiger partial charge < -0.3 is 42.6 Å². The van der Waals surface area contributed by atoms with Gasteiger partial charge in [-0.2, -0.15) is 11.8 Å². The van der Waals surface area contributed by atoms with Crippen LogP contribution in [-0.2, 0) is 30.4 Å². The Hall–Kier alpha value is -3.17. The van der Waals surface area contributed by atoms with E-state index in [0.717, 1.165) is 0 Å². The average molecular weight is 544 g/mol. The topological polar surface area (TPSA) is 243 Å². The van der Waals surface area contributed by atoms with Crippen molar-refractivity contribution in [3.05, 3.63) is 18.2 Å². The number of carboxylic acid groups (broad SMARTS) is 2. The minimum Gasteiger partial charge on any atom is -0.481 e. The Bertz CT molecular complexity index is 885. The van der Waals surface area contributed by atoms with Crippen LogP contribution < -0.4 is 27.4 Å². The predicted octanol–water partition coefficient (Wildman–Crippen LogP) is -1.43. The molecule has 37 heavy (non-hydrogen) atoms. The Morgan fingerprint density at radius 2 is 1.59 bits per heavy atom. The number of carbonyl (C=O) groups excluding carboxylic acids is 3. The molecule has 0 radical (unpaired) electrons. The first kappa shape index (κ1) is 31.9. The van der Waals surface area contributed by atoms with Crippen molar-refractivity contribution in [1.82, 2.24) is 25.9 Å². The van der Waals surface area contributed by atoms with Crippen LogP contribution in [0.25, 0.3) is 0 Å². The third-order valence-corrected chi connectivity index (χ3v) is 6.07. The quantitative estimate of drug-likeness (QED) is 0.0939. The molecule has 0 spiro atoms. The van der Waals surface area contributed by atoms with Gasteiger partial charge in [-0.25, -0.2) is 9.78 Å². The van der Waals surface area contributed by atoms with Gasteiger partial charge in [-0.1, -0.05) is 6.42 Å². The fraction of sp³-hybridized carbons (Fsp3) is 0.636. The molecule has 1 aromatic heterocycles. The van der Waals surface area contributed by atoms with Crippen LogP contribution in [0, 0.1) is 0 Å². The minimum absolute atomic E-state index is 0.102. The van der Waals surface area contributed by atoms with Crippen molar-refractivity contribution in [2.75, 3.05) is 18.6 Å². The van der Waals surface area contributed by atoms with Gasteiger partial charge in [0.05, 0.1) is 12.4 Å². The number of carbonyl (C=O) groups is 5. The number of amides is 3. The van der Waals surface area contributed by atoms with Gasteiger partial charge in [-0.05, 0) is 44.2 Å². The molecule has 0 saturated carbocycles. The maximum atomic E-state index is 13.1. The zero-order valence-electron chi connectivity index (χ0n) is 20.8. The highest BCUT2D eigenvalue weighted by atomic mass is 32.2. The first-order valence-electron chi connectivity index (χ1n) is 11.9. The largest absolute Gasteiger partial charge is 0.481 e. The molecule has 0 aromatic carbocycles. The van der Waals surface area contributed by atoms with Crippen LogP contribution in [0.3, 0.4) is 0 Å². The fourth-order valence-electron chi connectivity index (χ4n) is 3.32. The summed E-state index contributed by atoms with van der Waals surface area (Å²) in [7, 11) is 0. The van der Waals surface area contributed by atoms with E-state index in [1.165, 1.54) is 24.3 Å². The van der Waals surface area contributed by atoms with Gasteiger partial charge in [0.25, 0.3) is 0 Å². The van der Waals surface area contributed by atoms with Crippen molar-refractivity contribution in [2.45, 2.75) is 69.1 Å². The van der Waals surface area contributed by atoms with E-state index in [0.29, 0.717) is 37.3 Å². The molecule has 0 aliphatic carbocycles. The number of aromatic nitrogens is 2. The summed E-state index contributed by atoms with van der Waals surface area (Å²) in [6, 6.07) is -4.57. The van der Waals surface area contributed by atoms with Crippen LogP contribution in [0.15, 0.2) is 12.5 Å². The molecule has 1 aromatic rings. The number of aromatic amines is 1. The number of nitrogens with two attached hydrogens (primary N) is 2. The lowest BCUT2D eigenvalue weighted by atomic mass is 10.1. The van der Waals surface area contributed by atoms with Gasteiger partial charge in [0.2, 0.25) is 17.7 Å². The molecule has 0 saturated heterocycles. The van der Waals surface area contributed by atoms with Crippen LogP contribution in [-0.4, -0.2) is 92.6 Å². The SMILES string of the molecule is CSCCC(NC(=O)C(N)CCCCN)C(=O)NC(CCC(=O)O)C(=O)NC(Cc1cnc[nH]1)C(=O)O. The highest BCUT2D eigenvalue weighted by Gasteiger charge is 2.30. The molecule has 10 N–H and O–H groups in total. The minimum atomic E-state index is -1.35. The van der Waals surface area contributed by atoms with E-state index in [2.05, 4.69) is 25.9 Å². The van der Waals surface area contributed by atoms with Crippen molar-refractivity contribution >= 4 is 41.4 Å². The first-order chi connectivity index (χ1) is 17.6. The molecule has 0 aliphatic heterocycles. The van der Waals surface area contributed by atoms with E-state index in [1.807, 2.05) is 6.26 Å². The normalized spacial score (nSPS) is 14.1. The Balaban J connectivity index is 2.95. The maximum Gasteiger partial charge on any atom is 0.326 e. The number of nitrogens with one attached hydrogen (secondary N) is 4. The molecule has 1 rings (SSSR count). The molecule has 14 nitrogen and oxygen atoms in total. The van der Waals surface area contributed by atoms with Crippen LogP contribution in [0.1, 0.15) is 44.2 Å². The molecule has 0 bridgehead atoms. The van der Waals surface area contributed by atoms with Gasteiger partial charge in [0, 0.05) is 24.7 Å². The van der Waals surface area contributed by atoms with Crippen molar-refractivity contribution in [3.63, 3.8) is 0 Å². The highest BCUT2D eigenvalue weighted by molar-refractivity contribution is 7.98. The third kappa shape index (κ3) is 12.6. The molecule has 208 valence electrons. The van der Waals surface area contributed by atoms with Crippen molar-refractivity contribution < 1.29 is 34.2 Å². The maximum absolute atomic E-state index is 13.1. The number of hydrogen-bond acceptors (Lipinski definition) is 9. The van der Waals surface area contributed by atoms with Gasteiger partial charge >= 0.3 is 11.9 Å². The number of H-pyrrole nitrogens is 1. The predicted molar refractivity (Wildman–Crippen MR) is 136 cm³/mol. The Labute approximate surface area is 219 Å². The molecular weight excluding hydrogens is 506 g/mol. The zero-order chi connectivity index (χ0) is 27.8. The molecule has 1 heterocycles. The Morgan fingerprint density at radius 3 is 2.14 bits per heavy atom. The van der Waals surface area contributed by atoms with Crippen molar-refractivity contribution in [1.29, 1.82) is 0 Å². The number of aliphatic carboxylic acids is 2. The van der Waals surface area contributed by atoms with Crippen LogP contribution in [0.2, 0.25) is 0 Å². The number of imidazole rings is 1. The lowest BCUT2D eigenvalue weighted by molar-refractivity contribution is -0.143. The number of carboxylic acids is 2. The molecule has 15 heteroatoms. The van der Waals surface area contributed by atoms with E-state index in [9.17, 15) is 29.1 Å². The second-order valence-corrected chi connectivity index (χ2v) is 9.39. The van der Waals surface area contributed by atoms with Gasteiger partial charge in [0.1, 0.15) is 18.1 Å². The van der Waals surface area contributed by atoms with Crippen molar-refractivity contribution in [2.24, 2.45) is 11.5 Å². The summed E-state index contributed by atoms with van der Waals surface area (Å²) in [4.78, 5) is 67.9. The van der Waals surface area contributed by atoms with E-state index in [-0.39, 0.29) is 19.3 Å². The monoisotopic (exact) mass is 543 g/mol. The van der Waals surface area contributed by atoms with E-state index in [4.69, 9.17) is 16.6 Å². The molecule has 3 amide bonds. The number of thioether (sulfide) groups is 1. The van der Waals surface area contributed by atoms with Gasteiger partial charge in [-0.3, -0.25) is 19.2 Å². The summed E-state index contributed by atoms with van der Waals surface area (Å²) >= 11 is 1.45. The molecular formula is C22H37N7O7S. The highest BCUT2D eigenvalue weighted by Crippen LogP contribution is 2.07. The lowest BCUT2D eigenvalue weighted by Crippen LogP contribution is -2.57. The standard InChI is InChI=1S/C22H37N7O7S/c1-37-9-7-16(27-19(32)14(24)4-2-3-8-23)21(34)28-15(5-6-18(30)31)20(33)29-17(22(35)36)10-13-11-25-12-26-13/h11-12,14-17H,2-10,23-24H2,1H3,(H,25,26)(H,27,32)(H,28,34)(H,29,33)(H,30,31)(H,35,36). The molecule has 4 unspecified atom stereocenters. The molecule has 4 atom stereocenters. The zero-order valence-corrected chi connectivity index (χ0v) is 21.6. The number of unbranched alkanes of at least 4 members (excludes halogenated alkanes) is 1. The van der Waals surface area contributed by atoms with Crippen molar-refractivity contribution in [3.8, 4) is 0 Å². The number of rotatable bonds is 19. The van der Waals surface area contributed by atoms with E-state index in [1.54, 1.807) is 0 Å². The summed E-state index contributed by atoms with van der Waals surface area (Å²) in [6.45, 7) is 0.470. The van der Waals surface area contributed by atoms with Gasteiger partial charge in [0.15, 0.2) is 0 Å². The first-order valence-corrected chi connectivity index (χ1v) is 13.3. The molecule has 0 aliphatic rings. The van der Waals surface area contributed by atoms with E-state index >= 15 is 0 Å². The van der Waals surface area contributed by atoms with Crippen LogP contribution in [0.4, 0.5) is 0 Å². The summed E-state index contributed by atoms with van der Waals surface area (Å²) < 4.78 is 0. The van der Waals surface area contributed by atoms with Gasteiger partial charge in [-0.15, -0.1) is 0 Å². The summed E-state index contributed by atoms with van der Waals surface area (Å²) in [5.74, 6) is -4.11. The van der Waals surface area contributed by atoms with E-state index < -0.39 is 60.2 Å². The smallest absolute Gasteiger partial charge is 0.326 e.